The van der Waals surface area contributed by atoms with Crippen molar-refractivity contribution in [2.24, 2.45) is 5.92 Å². The van der Waals surface area contributed by atoms with Crippen molar-refractivity contribution in [2.45, 2.75) is 19.8 Å². The Kier molecular flexibility index (Phi) is 4.50. The number of likely N-dealkylation sites (tertiary alicyclic amines) is 1. The number of carbonyl (C=O) groups is 1. The fourth-order valence-electron chi connectivity index (χ4n) is 2.70. The second kappa shape index (κ2) is 6.73. The first-order valence-electron chi connectivity index (χ1n) is 7.87. The van der Waals surface area contributed by atoms with Crippen LogP contribution in [0.25, 0.3) is 11.5 Å². The van der Waals surface area contributed by atoms with Crippen molar-refractivity contribution in [3.05, 3.63) is 36.2 Å². The van der Waals surface area contributed by atoms with Gasteiger partial charge in [-0.25, -0.2) is 9.97 Å². The Bertz CT molecular complexity index is 689. The van der Waals surface area contributed by atoms with Crippen LogP contribution in [0.4, 0.5) is 5.82 Å². The second-order valence-electron chi connectivity index (χ2n) is 5.99. The lowest BCUT2D eigenvalue weighted by atomic mass is 9.96. The number of carbonyl (C=O) groups excluding carboxylic acids is 1. The van der Waals surface area contributed by atoms with Crippen molar-refractivity contribution in [3.8, 4) is 11.5 Å². The molecule has 3 heterocycles. The lowest BCUT2D eigenvalue weighted by molar-refractivity contribution is -0.133. The molecule has 2 aromatic rings. The monoisotopic (exact) mass is 311 g/mol. The van der Waals surface area contributed by atoms with E-state index in [0.717, 1.165) is 36.7 Å². The molecule has 1 atom stereocenters. The summed E-state index contributed by atoms with van der Waals surface area (Å²) >= 11 is 0. The topological polar surface area (TPSA) is 71.0 Å². The van der Waals surface area contributed by atoms with Gasteiger partial charge in [-0.1, -0.05) is 6.07 Å². The first-order chi connectivity index (χ1) is 11.1. The van der Waals surface area contributed by atoms with E-state index in [4.69, 9.17) is 0 Å². The highest BCUT2D eigenvalue weighted by molar-refractivity contribution is 5.76. The van der Waals surface area contributed by atoms with Crippen LogP contribution < -0.4 is 5.32 Å². The lowest BCUT2D eigenvalue weighted by Crippen LogP contribution is -2.37. The van der Waals surface area contributed by atoms with Crippen molar-refractivity contribution >= 4 is 11.7 Å². The molecule has 23 heavy (non-hydrogen) atoms. The van der Waals surface area contributed by atoms with E-state index in [-0.39, 0.29) is 5.91 Å². The van der Waals surface area contributed by atoms with Gasteiger partial charge in [-0.15, -0.1) is 0 Å². The van der Waals surface area contributed by atoms with Crippen molar-refractivity contribution in [1.82, 2.24) is 19.9 Å². The molecule has 0 unspecified atom stereocenters. The maximum absolute atomic E-state index is 11.8. The summed E-state index contributed by atoms with van der Waals surface area (Å²) in [6.07, 6.45) is 3.35. The molecule has 3 rings (SSSR count). The number of pyridine rings is 1. The fraction of sp³-hybridized carbons (Fsp3) is 0.412. The van der Waals surface area contributed by atoms with Crippen molar-refractivity contribution in [2.75, 3.05) is 25.5 Å². The number of nitrogens with zero attached hydrogens (tertiary/aromatic N) is 4. The minimum absolute atomic E-state index is 0.219. The van der Waals surface area contributed by atoms with Gasteiger partial charge < -0.3 is 10.2 Å². The normalized spacial score (nSPS) is 18.1. The molecule has 0 spiro atoms. The van der Waals surface area contributed by atoms with Crippen LogP contribution >= 0.6 is 0 Å². The summed E-state index contributed by atoms with van der Waals surface area (Å²) in [5.41, 5.74) is 1.65. The first kappa shape index (κ1) is 15.4. The Morgan fingerprint density at radius 2 is 2.22 bits per heavy atom. The number of rotatable bonds is 4. The van der Waals surface area contributed by atoms with Crippen LogP contribution in [0, 0.1) is 12.8 Å². The molecule has 6 nitrogen and oxygen atoms in total. The number of hydrogen-bond acceptors (Lipinski definition) is 5. The summed E-state index contributed by atoms with van der Waals surface area (Å²) in [5, 5.41) is 3.35. The maximum Gasteiger partial charge on any atom is 0.222 e. The Morgan fingerprint density at radius 1 is 1.35 bits per heavy atom. The average Bonchev–Trinajstić information content (AvgIpc) is 2.56. The largest absolute Gasteiger partial charge is 0.370 e. The molecule has 0 radical (unpaired) electrons. The van der Waals surface area contributed by atoms with E-state index in [0.29, 0.717) is 18.2 Å². The van der Waals surface area contributed by atoms with E-state index < -0.39 is 0 Å². The lowest BCUT2D eigenvalue weighted by Gasteiger charge is -2.28. The van der Waals surface area contributed by atoms with E-state index in [9.17, 15) is 4.79 Å². The molecule has 0 bridgehead atoms. The zero-order valence-corrected chi connectivity index (χ0v) is 13.5. The highest BCUT2D eigenvalue weighted by Crippen LogP contribution is 2.19. The summed E-state index contributed by atoms with van der Waals surface area (Å²) < 4.78 is 0. The summed E-state index contributed by atoms with van der Waals surface area (Å²) in [6, 6.07) is 7.61. The van der Waals surface area contributed by atoms with Gasteiger partial charge in [-0.3, -0.25) is 9.78 Å². The minimum Gasteiger partial charge on any atom is -0.370 e. The van der Waals surface area contributed by atoms with Gasteiger partial charge in [0.05, 0.1) is 0 Å². The standard InChI is InChI=1S/C17H21N5O/c1-12-9-15(19-11-13-6-8-22(2)16(23)10-13)21-17(20-12)14-5-3-4-7-18-14/h3-5,7,9,13H,6,8,10-11H2,1-2H3,(H,19,20,21)/t13-/m1/s1. The van der Waals surface area contributed by atoms with E-state index in [1.54, 1.807) is 11.1 Å². The number of nitrogens with one attached hydrogen (secondary N) is 1. The van der Waals surface area contributed by atoms with Crippen LogP contribution in [-0.4, -0.2) is 45.9 Å². The number of amides is 1. The molecule has 1 amide bonds. The van der Waals surface area contributed by atoms with Crippen LogP contribution in [0.5, 0.6) is 0 Å². The first-order valence-corrected chi connectivity index (χ1v) is 7.87. The molecule has 1 saturated heterocycles. The fourth-order valence-corrected chi connectivity index (χ4v) is 2.70. The van der Waals surface area contributed by atoms with Gasteiger partial charge in [-0.2, -0.15) is 0 Å². The van der Waals surface area contributed by atoms with Crippen LogP contribution in [-0.2, 0) is 4.79 Å². The van der Waals surface area contributed by atoms with Crippen molar-refractivity contribution in [3.63, 3.8) is 0 Å². The van der Waals surface area contributed by atoms with Crippen LogP contribution in [0.1, 0.15) is 18.5 Å². The van der Waals surface area contributed by atoms with Crippen molar-refractivity contribution in [1.29, 1.82) is 0 Å². The van der Waals surface area contributed by atoms with Gasteiger partial charge in [0.1, 0.15) is 11.5 Å². The number of aryl methyl sites for hydroxylation is 1. The molecule has 2 aromatic heterocycles. The maximum atomic E-state index is 11.8. The van der Waals surface area contributed by atoms with Gasteiger partial charge in [0.15, 0.2) is 5.82 Å². The summed E-state index contributed by atoms with van der Waals surface area (Å²) in [7, 11) is 1.86. The molecular weight excluding hydrogens is 290 g/mol. The predicted octanol–water partition coefficient (Wildman–Crippen LogP) is 2.13. The average molecular weight is 311 g/mol. The van der Waals surface area contributed by atoms with E-state index in [1.165, 1.54) is 0 Å². The molecule has 0 aliphatic carbocycles. The molecule has 1 aliphatic heterocycles. The highest BCUT2D eigenvalue weighted by Gasteiger charge is 2.23. The Hall–Kier alpha value is -2.50. The molecule has 6 heteroatoms. The molecule has 1 fully saturated rings. The molecular formula is C17H21N5O. The van der Waals surface area contributed by atoms with E-state index in [2.05, 4.69) is 20.3 Å². The summed E-state index contributed by atoms with van der Waals surface area (Å²) in [5.74, 6) is 1.97. The number of hydrogen-bond donors (Lipinski definition) is 1. The number of anilines is 1. The summed E-state index contributed by atoms with van der Waals surface area (Å²) in [6.45, 7) is 3.52. The molecule has 0 saturated carbocycles. The number of piperidine rings is 1. The quantitative estimate of drug-likeness (QED) is 0.936. The van der Waals surface area contributed by atoms with Gasteiger partial charge in [-0.05, 0) is 31.4 Å². The van der Waals surface area contributed by atoms with Crippen molar-refractivity contribution < 1.29 is 4.79 Å². The van der Waals surface area contributed by atoms with Gasteiger partial charge in [0.2, 0.25) is 5.91 Å². The van der Waals surface area contributed by atoms with Gasteiger partial charge in [0, 0.05) is 44.5 Å². The van der Waals surface area contributed by atoms with Gasteiger partial charge in [0.25, 0.3) is 0 Å². The number of aromatic nitrogens is 3. The second-order valence-corrected chi connectivity index (χ2v) is 5.99. The smallest absolute Gasteiger partial charge is 0.222 e. The summed E-state index contributed by atoms with van der Waals surface area (Å²) in [4.78, 5) is 26.9. The van der Waals surface area contributed by atoms with Crippen LogP contribution in [0.3, 0.4) is 0 Å². The molecule has 1 aliphatic rings. The zero-order chi connectivity index (χ0) is 16.2. The molecule has 0 aromatic carbocycles. The SMILES string of the molecule is Cc1cc(NC[C@@H]2CCN(C)C(=O)C2)nc(-c2ccccn2)n1. The van der Waals surface area contributed by atoms with Crippen LogP contribution in [0.2, 0.25) is 0 Å². The Morgan fingerprint density at radius 3 is 2.96 bits per heavy atom. The minimum atomic E-state index is 0.219. The molecule has 120 valence electrons. The Labute approximate surface area is 136 Å². The van der Waals surface area contributed by atoms with Gasteiger partial charge >= 0.3 is 0 Å². The third kappa shape index (κ3) is 3.83. The highest BCUT2D eigenvalue weighted by atomic mass is 16.2. The Balaban J connectivity index is 1.69. The zero-order valence-electron chi connectivity index (χ0n) is 13.5. The van der Waals surface area contributed by atoms with E-state index >= 15 is 0 Å². The molecule has 1 N–H and O–H groups in total. The third-order valence-corrected chi connectivity index (χ3v) is 4.08. The van der Waals surface area contributed by atoms with Crippen LogP contribution in [0.15, 0.2) is 30.5 Å². The third-order valence-electron chi connectivity index (χ3n) is 4.08. The predicted molar refractivity (Wildman–Crippen MR) is 88.9 cm³/mol. The van der Waals surface area contributed by atoms with E-state index in [1.807, 2.05) is 38.2 Å².